The van der Waals surface area contributed by atoms with Gasteiger partial charge in [-0.2, -0.15) is 0 Å². The number of halogens is 8. The van der Waals surface area contributed by atoms with Crippen LogP contribution in [0.15, 0.2) is 68.2 Å². The Morgan fingerprint density at radius 2 is 0.714 bits per heavy atom. The molecule has 8 aromatic rings. The first-order valence-corrected chi connectivity index (χ1v) is 54.0. The molecule has 4 aliphatic carbocycles. The molecule has 9 fully saturated rings. The summed E-state index contributed by atoms with van der Waals surface area (Å²) in [6.45, 7) is 27.6. The number of carbonyl (C=O) groups is 7. The normalized spacial score (nSPS) is 19.7. The van der Waals surface area contributed by atoms with Crippen molar-refractivity contribution in [2.75, 3.05) is 116 Å². The van der Waals surface area contributed by atoms with Gasteiger partial charge in [0.05, 0.1) is 81.9 Å². The van der Waals surface area contributed by atoms with Gasteiger partial charge in [-0.3, -0.25) is 28.8 Å². The molecule has 4 aromatic carbocycles. The van der Waals surface area contributed by atoms with Crippen molar-refractivity contribution >= 4 is 163 Å². The summed E-state index contributed by atoms with van der Waals surface area (Å²) >= 11 is 19.1. The quantitative estimate of drug-likeness (QED) is 0.0399. The summed E-state index contributed by atoms with van der Waals surface area (Å²) in [4.78, 5) is 163. The Bertz CT molecular complexity index is 6280. The number of aromatic nitrogens is 4. The fraction of sp³-hybridized carbons (Fsp3) is 0.570. The molecule has 4 aromatic heterocycles. The minimum absolute atomic E-state index is 0. The van der Waals surface area contributed by atoms with Gasteiger partial charge in [-0.05, 0) is 181 Å². The van der Waals surface area contributed by atoms with Crippen LogP contribution in [0, 0.1) is 23.3 Å². The van der Waals surface area contributed by atoms with Crippen molar-refractivity contribution in [3.05, 3.63) is 158 Å². The molecule has 30 nitrogen and oxygen atoms in total. The van der Waals surface area contributed by atoms with E-state index in [1.165, 1.54) is 57.2 Å². The van der Waals surface area contributed by atoms with Gasteiger partial charge in [-0.1, -0.05) is 28.0 Å². The Morgan fingerprint density at radius 3 is 0.993 bits per heavy atom. The molecule has 2 N–H and O–H groups in total. The molecule has 0 spiro atoms. The van der Waals surface area contributed by atoms with Gasteiger partial charge in [-0.25, -0.2) is 41.5 Å². The van der Waals surface area contributed by atoms with E-state index in [0.29, 0.717) is 95.3 Å². The number of carbonyl (C=O) groups excluding carboxylic acids is 6. The minimum Gasteiger partial charge on any atom is -0.859 e. The second-order valence-electron chi connectivity index (χ2n) is 39.2. The Hall–Kier alpha value is -8.38. The topological polar surface area (TPSA) is 332 Å². The number of amides is 3. The zero-order valence-electron chi connectivity index (χ0n) is 81.7. The van der Waals surface area contributed by atoms with Crippen molar-refractivity contribution in [1.29, 1.82) is 0 Å². The smallest absolute Gasteiger partial charge is 0.859 e. The van der Waals surface area contributed by atoms with Gasteiger partial charge in [0, 0.05) is 216 Å². The number of benzene rings is 4. The van der Waals surface area contributed by atoms with Gasteiger partial charge in [0.2, 0.25) is 33.5 Å². The zero-order chi connectivity index (χ0) is 100. The molecule has 9 aliphatic heterocycles. The molecular formula is C100H125Cl4F4KN12O18Si. The van der Waals surface area contributed by atoms with Crippen molar-refractivity contribution in [3.8, 4) is 0 Å². The predicted molar refractivity (Wildman–Crippen MR) is 529 cm³/mol. The number of alkyl halides is 4. The third-order valence-corrected chi connectivity index (χ3v) is 26.9. The molecule has 13 heterocycles. The van der Waals surface area contributed by atoms with Crippen molar-refractivity contribution in [3.63, 3.8) is 0 Å². The molecule has 5 saturated heterocycles. The van der Waals surface area contributed by atoms with E-state index in [9.17, 15) is 62.6 Å². The monoisotopic (exact) mass is 2060 g/mol. The molecule has 13 aliphatic rings. The molecule has 4 unspecified atom stereocenters. The predicted octanol–water partition coefficient (Wildman–Crippen LogP) is 13.4. The SMILES string of the molecule is C1CCOC1.CC(=O)N1Cc2c(c(F)cc3c(=O)c(C(=O)O)cn(C4CC4)c23)N2CCCC2C1.CCOC(=O)c1cn(C2CC2)c2c3c(c(F)cc2c1=O)N1CCCC1CN(C(=O)OC(C)(C)C)C3.CCOC(=O)c1cn(C2CC2)c2c3c(c(F)cc2c1=O)N1CCCC1CN(C(C)=O)C3.CCOC(=O)c1cn(C2CC2)c2c3c(c(F)cc2c1=O)N1CCCC1CNC3.C[Si](C)(C)[O-].ClCCl.ClCCl.[K+]. The third kappa shape index (κ3) is 24.4. The van der Waals surface area contributed by atoms with Crippen molar-refractivity contribution in [2.24, 2.45) is 0 Å². The van der Waals surface area contributed by atoms with E-state index in [1.54, 1.807) is 73.7 Å². The number of esters is 3. The molecule has 40 heteroatoms. The molecule has 4 atom stereocenters. The van der Waals surface area contributed by atoms with Crippen LogP contribution in [0.1, 0.15) is 259 Å². The number of carboxylic acids is 1. The second-order valence-corrected chi connectivity index (χ2v) is 45.1. The summed E-state index contributed by atoms with van der Waals surface area (Å²) in [6.07, 6.45) is 23.1. The number of nitrogens with one attached hydrogen (secondary N) is 1. The fourth-order valence-corrected chi connectivity index (χ4v) is 20.5. The first kappa shape index (κ1) is 109. The summed E-state index contributed by atoms with van der Waals surface area (Å²) in [5.41, 5.74) is 3.87. The van der Waals surface area contributed by atoms with Crippen LogP contribution in [-0.4, -0.2) is 214 Å². The maximum Gasteiger partial charge on any atom is 1.00 e. The van der Waals surface area contributed by atoms with Gasteiger partial charge in [0.25, 0.3) is 0 Å². The summed E-state index contributed by atoms with van der Waals surface area (Å²) in [6, 6.07) is 6.01. The second kappa shape index (κ2) is 46.8. The number of ether oxygens (including phenoxy) is 5. The van der Waals surface area contributed by atoms with E-state index < -0.39 is 83.1 Å². The molecule has 3 amide bonds. The van der Waals surface area contributed by atoms with Crippen LogP contribution >= 0.6 is 46.4 Å². The number of anilines is 4. The third-order valence-electron chi connectivity index (χ3n) is 26.9. The minimum atomic E-state index is -1.86. The molecule has 0 bridgehead atoms. The Balaban J connectivity index is 0.000000149. The number of hydrogen-bond acceptors (Lipinski definition) is 22. The van der Waals surface area contributed by atoms with Gasteiger partial charge in [0.15, 0.2) is 0 Å². The number of carboxylic acid groups (broad SMARTS) is 1. The maximum atomic E-state index is 15.8. The average molecular weight is 2070 g/mol. The molecule has 140 heavy (non-hydrogen) atoms. The van der Waals surface area contributed by atoms with Crippen LogP contribution in [0.25, 0.3) is 43.6 Å². The van der Waals surface area contributed by atoms with Gasteiger partial charge < -0.3 is 91.5 Å². The van der Waals surface area contributed by atoms with Crippen LogP contribution in [0.4, 0.5) is 45.1 Å². The standard InChI is InChI=1S/C26H32FN3O5.C23H26FN3O4.C21H22FN3O4.C21H24FN3O3.C4H8O.C3H9OSi.2CH2Cl2.K/c1-5-34-24(32)19-14-30(15-8-9-15)21-17(23(19)31)11-20(27)22-18(21)13-28(25(33)35-26(2,3)4)12-16-7-6-10-29(16)22;1-3-31-23(30)18-12-27(14-6-7-14)20-16(22(18)29)9-19(24)21-17(20)11-25(13(2)28)10-15-5-4-8-26(15)21;1-11(26)23-8-13-3-2-6-24(13)19-15(9-23)18-14(7-17(19)22)20(27)16(21(28)29)10-25(18)12-4-5-12;1-2-28-21(27)16-11-25(12-5-6-12)18-14(20(16)26)8-17(22)19-15(18)10-23-9-13-4-3-7-24(13)19;1-2-4-5-3-1;1-5(2,3)4;2*2-1-3;/h11,14-16H,5-10,12-13H2,1-4H3;9,12,14-15H,3-8,10-11H2,1-2H3;7,10,12-13H,2-6,8-9H2,1H3,(H,28,29);8,11-13,23H,2-7,9-10H2,1H3;1-4H2;1-3H3;2*1H2;/q;;;;;-1;;;+1. The Morgan fingerprint density at radius 1 is 0.443 bits per heavy atom. The first-order valence-electron chi connectivity index (χ1n) is 48.4. The number of rotatable bonds is 11. The van der Waals surface area contributed by atoms with Crippen molar-refractivity contribution in [1.82, 2.24) is 38.3 Å². The van der Waals surface area contributed by atoms with Crippen molar-refractivity contribution in [2.45, 2.75) is 271 Å². The number of nitrogens with zero attached hydrogens (tertiary/aromatic N) is 11. The first-order chi connectivity index (χ1) is 66.3. The number of aromatic carboxylic acids is 1. The molecule has 0 radical (unpaired) electrons. The molecule has 21 rings (SSSR count). The van der Waals surface area contributed by atoms with Crippen LogP contribution in [0.3, 0.4) is 0 Å². The summed E-state index contributed by atoms with van der Waals surface area (Å²) in [7, 11) is -1.86. The van der Waals surface area contributed by atoms with Crippen LogP contribution in [-0.2, 0) is 59.5 Å². The zero-order valence-corrected chi connectivity index (χ0v) is 88.9. The Labute approximate surface area is 873 Å². The fourth-order valence-electron chi connectivity index (χ4n) is 20.5. The molecule has 754 valence electrons. The summed E-state index contributed by atoms with van der Waals surface area (Å²) < 4.78 is 95.6. The average Bonchev–Trinajstić information content (AvgIpc) is 1.49. The molecular weight excluding hydrogens is 1940 g/mol. The summed E-state index contributed by atoms with van der Waals surface area (Å²) in [5, 5.41) is 14.0. The van der Waals surface area contributed by atoms with Gasteiger partial charge in [-0.15, -0.1) is 46.4 Å². The van der Waals surface area contributed by atoms with Crippen molar-refractivity contribution < 1.29 is 136 Å². The summed E-state index contributed by atoms with van der Waals surface area (Å²) in [5.74, 6) is -5.39. The van der Waals surface area contributed by atoms with E-state index in [0.717, 1.165) is 147 Å². The largest absolute Gasteiger partial charge is 1.00 e. The van der Waals surface area contributed by atoms with E-state index >= 15 is 17.6 Å². The molecule has 4 saturated carbocycles. The Kier molecular flexibility index (Phi) is 36.4. The van der Waals surface area contributed by atoms with E-state index in [4.69, 9.17) is 70.1 Å². The van der Waals surface area contributed by atoms with Crippen LogP contribution in [0.5, 0.6) is 0 Å². The van der Waals surface area contributed by atoms with Gasteiger partial charge >= 0.3 is 81.4 Å². The van der Waals surface area contributed by atoms with Gasteiger partial charge in [0.1, 0.15) is 51.1 Å². The van der Waals surface area contributed by atoms with E-state index in [-0.39, 0.29) is 211 Å². The van der Waals surface area contributed by atoms with E-state index in [2.05, 4.69) is 15.1 Å². The van der Waals surface area contributed by atoms with E-state index in [1.807, 2.05) is 48.8 Å². The maximum absolute atomic E-state index is 15.8. The number of pyridine rings is 4. The number of hydrogen-bond donors (Lipinski definition) is 2. The van der Waals surface area contributed by atoms with Crippen LogP contribution < -0.4 is 103 Å². The van der Waals surface area contributed by atoms with Crippen LogP contribution in [0.2, 0.25) is 19.6 Å². The number of fused-ring (bicyclic) bond motifs is 20.